The zero-order chi connectivity index (χ0) is 11.2. The maximum atomic E-state index is 5.40. The molecule has 1 aromatic rings. The molecule has 0 amide bonds. The average molecular weight is 219 g/mol. The summed E-state index contributed by atoms with van der Waals surface area (Å²) in [5.41, 5.74) is 1.35. The van der Waals surface area contributed by atoms with Crippen molar-refractivity contribution in [3.63, 3.8) is 0 Å². The Morgan fingerprint density at radius 3 is 3.06 bits per heavy atom. The van der Waals surface area contributed by atoms with Crippen LogP contribution in [-0.4, -0.2) is 20.2 Å². The van der Waals surface area contributed by atoms with E-state index in [-0.39, 0.29) is 0 Å². The predicted molar refractivity (Wildman–Crippen MR) is 66.9 cm³/mol. The van der Waals surface area contributed by atoms with Crippen molar-refractivity contribution in [2.24, 2.45) is 5.92 Å². The molecule has 0 aliphatic carbocycles. The van der Waals surface area contributed by atoms with Crippen molar-refractivity contribution in [2.45, 2.75) is 25.7 Å². The van der Waals surface area contributed by atoms with Crippen LogP contribution in [0, 0.1) is 5.92 Å². The van der Waals surface area contributed by atoms with Gasteiger partial charge in [0.25, 0.3) is 0 Å². The maximum Gasteiger partial charge on any atom is 0.122 e. The minimum atomic E-state index is 0.763. The van der Waals surface area contributed by atoms with Crippen molar-refractivity contribution in [2.75, 3.05) is 20.2 Å². The van der Waals surface area contributed by atoms with Crippen LogP contribution in [-0.2, 0) is 6.42 Å². The van der Waals surface area contributed by atoms with E-state index in [1.54, 1.807) is 7.11 Å². The molecule has 1 fully saturated rings. The zero-order valence-electron chi connectivity index (χ0n) is 10.0. The average Bonchev–Trinajstić information content (AvgIpc) is 2.58. The van der Waals surface area contributed by atoms with Gasteiger partial charge >= 0.3 is 0 Å². The number of benzene rings is 1. The molecule has 0 bridgehead atoms. The van der Waals surface area contributed by atoms with Gasteiger partial charge in [-0.1, -0.05) is 24.6 Å². The molecule has 1 aliphatic rings. The van der Waals surface area contributed by atoms with Crippen LogP contribution in [0.4, 0.5) is 0 Å². The van der Waals surface area contributed by atoms with Crippen LogP contribution in [0.3, 0.4) is 0 Å². The molecule has 2 nitrogen and oxygen atoms in total. The van der Waals surface area contributed by atoms with E-state index >= 15 is 0 Å². The normalized spacial score (nSPS) is 21.4. The molecule has 1 unspecified atom stereocenters. The van der Waals surface area contributed by atoms with Gasteiger partial charge in [-0.3, -0.25) is 0 Å². The van der Waals surface area contributed by atoms with Gasteiger partial charge in [0.1, 0.15) is 5.75 Å². The van der Waals surface area contributed by atoms with Gasteiger partial charge < -0.3 is 10.1 Å². The summed E-state index contributed by atoms with van der Waals surface area (Å²) < 4.78 is 5.40. The number of hydrogen-bond acceptors (Lipinski definition) is 2. The van der Waals surface area contributed by atoms with Crippen LogP contribution >= 0.6 is 0 Å². The molecule has 2 heteroatoms. The zero-order valence-corrected chi connectivity index (χ0v) is 10.0. The van der Waals surface area contributed by atoms with E-state index in [0.29, 0.717) is 0 Å². The van der Waals surface area contributed by atoms with Crippen LogP contribution in [0.2, 0.25) is 0 Å². The third kappa shape index (κ3) is 2.99. The second-order valence-corrected chi connectivity index (χ2v) is 4.58. The molecule has 0 radical (unpaired) electrons. The van der Waals surface area contributed by atoms with Crippen LogP contribution < -0.4 is 10.1 Å². The fourth-order valence-corrected chi connectivity index (χ4v) is 2.45. The van der Waals surface area contributed by atoms with Gasteiger partial charge in [0.2, 0.25) is 0 Å². The Labute approximate surface area is 98.0 Å². The Morgan fingerprint density at radius 2 is 2.19 bits per heavy atom. The van der Waals surface area contributed by atoms with E-state index in [0.717, 1.165) is 24.6 Å². The number of ether oxygens (including phenoxy) is 1. The first-order valence-corrected chi connectivity index (χ1v) is 6.23. The fourth-order valence-electron chi connectivity index (χ4n) is 2.45. The summed E-state index contributed by atoms with van der Waals surface area (Å²) in [6, 6.07) is 8.37. The summed E-state index contributed by atoms with van der Waals surface area (Å²) in [5, 5.41) is 3.51. The molecule has 16 heavy (non-hydrogen) atoms. The molecule has 1 aromatic carbocycles. The number of rotatable bonds is 3. The third-order valence-electron chi connectivity index (χ3n) is 3.35. The summed E-state index contributed by atoms with van der Waals surface area (Å²) in [6.45, 7) is 2.33. The van der Waals surface area contributed by atoms with Gasteiger partial charge in [-0.2, -0.15) is 0 Å². The Hall–Kier alpha value is -1.02. The lowest BCUT2D eigenvalue weighted by molar-refractivity contribution is 0.400. The van der Waals surface area contributed by atoms with E-state index in [1.807, 2.05) is 6.07 Å². The minimum Gasteiger partial charge on any atom is -0.496 e. The monoisotopic (exact) mass is 219 g/mol. The lowest BCUT2D eigenvalue weighted by Gasteiger charge is -2.16. The molecular formula is C14H21NO. The molecule has 2 rings (SSSR count). The van der Waals surface area contributed by atoms with Gasteiger partial charge in [0.05, 0.1) is 7.11 Å². The standard InChI is InChI=1S/C14H21NO/c1-16-14-8-3-2-7-13(14)10-12-6-4-5-9-15-11-12/h2-3,7-8,12,15H,4-6,9-11H2,1H3. The highest BCUT2D eigenvalue weighted by molar-refractivity contribution is 5.33. The highest BCUT2D eigenvalue weighted by Gasteiger charge is 2.14. The Morgan fingerprint density at radius 1 is 1.31 bits per heavy atom. The molecule has 0 aromatic heterocycles. The summed E-state index contributed by atoms with van der Waals surface area (Å²) in [6.07, 6.45) is 5.15. The molecule has 1 N–H and O–H groups in total. The summed E-state index contributed by atoms with van der Waals surface area (Å²) in [7, 11) is 1.75. The number of nitrogens with one attached hydrogen (secondary N) is 1. The van der Waals surface area contributed by atoms with Gasteiger partial charge in [-0.15, -0.1) is 0 Å². The lowest BCUT2D eigenvalue weighted by atomic mass is 9.94. The van der Waals surface area contributed by atoms with Crippen molar-refractivity contribution < 1.29 is 4.74 Å². The topological polar surface area (TPSA) is 21.3 Å². The second-order valence-electron chi connectivity index (χ2n) is 4.58. The number of para-hydroxylation sites is 1. The first kappa shape index (κ1) is 11.5. The smallest absolute Gasteiger partial charge is 0.122 e. The van der Waals surface area contributed by atoms with Crippen LogP contribution in [0.15, 0.2) is 24.3 Å². The molecular weight excluding hydrogens is 198 g/mol. The molecule has 1 atom stereocenters. The van der Waals surface area contributed by atoms with E-state index < -0.39 is 0 Å². The fraction of sp³-hybridized carbons (Fsp3) is 0.571. The van der Waals surface area contributed by atoms with E-state index in [2.05, 4.69) is 23.5 Å². The van der Waals surface area contributed by atoms with Crippen molar-refractivity contribution in [1.29, 1.82) is 0 Å². The first-order chi connectivity index (χ1) is 7.90. The number of methoxy groups -OCH3 is 1. The molecule has 88 valence electrons. The predicted octanol–water partition coefficient (Wildman–Crippen LogP) is 2.63. The molecule has 1 saturated heterocycles. The van der Waals surface area contributed by atoms with Crippen molar-refractivity contribution in [1.82, 2.24) is 5.32 Å². The molecule has 1 aliphatic heterocycles. The highest BCUT2D eigenvalue weighted by Crippen LogP contribution is 2.23. The second kappa shape index (κ2) is 5.90. The maximum absolute atomic E-state index is 5.40. The Bertz CT molecular complexity index is 316. The summed E-state index contributed by atoms with van der Waals surface area (Å²) >= 11 is 0. The van der Waals surface area contributed by atoms with Gasteiger partial charge in [0.15, 0.2) is 0 Å². The van der Waals surface area contributed by atoms with E-state index in [4.69, 9.17) is 4.74 Å². The third-order valence-corrected chi connectivity index (χ3v) is 3.35. The summed E-state index contributed by atoms with van der Waals surface area (Å²) in [5.74, 6) is 1.80. The Balaban J connectivity index is 2.01. The van der Waals surface area contributed by atoms with Crippen molar-refractivity contribution >= 4 is 0 Å². The lowest BCUT2D eigenvalue weighted by Crippen LogP contribution is -2.22. The summed E-state index contributed by atoms with van der Waals surface area (Å²) in [4.78, 5) is 0. The largest absolute Gasteiger partial charge is 0.496 e. The van der Waals surface area contributed by atoms with E-state index in [1.165, 1.54) is 31.4 Å². The van der Waals surface area contributed by atoms with Crippen LogP contribution in [0.1, 0.15) is 24.8 Å². The number of hydrogen-bond donors (Lipinski definition) is 1. The van der Waals surface area contributed by atoms with Crippen molar-refractivity contribution in [3.8, 4) is 5.75 Å². The van der Waals surface area contributed by atoms with Gasteiger partial charge in [0, 0.05) is 0 Å². The minimum absolute atomic E-state index is 0.763. The van der Waals surface area contributed by atoms with Gasteiger partial charge in [-0.25, -0.2) is 0 Å². The van der Waals surface area contributed by atoms with Gasteiger partial charge in [-0.05, 0) is 49.9 Å². The Kier molecular flexibility index (Phi) is 4.23. The van der Waals surface area contributed by atoms with Crippen LogP contribution in [0.25, 0.3) is 0 Å². The first-order valence-electron chi connectivity index (χ1n) is 6.23. The SMILES string of the molecule is COc1ccccc1CC1CCCCNC1. The quantitative estimate of drug-likeness (QED) is 0.843. The molecule has 0 spiro atoms. The van der Waals surface area contributed by atoms with Crippen molar-refractivity contribution in [3.05, 3.63) is 29.8 Å². The molecule has 1 heterocycles. The highest BCUT2D eigenvalue weighted by atomic mass is 16.5. The molecule has 0 saturated carbocycles. The van der Waals surface area contributed by atoms with Crippen LogP contribution in [0.5, 0.6) is 5.75 Å². The van der Waals surface area contributed by atoms with E-state index in [9.17, 15) is 0 Å².